The normalized spacial score (nSPS) is 19.2. The summed E-state index contributed by atoms with van der Waals surface area (Å²) in [7, 11) is 0. The van der Waals surface area contributed by atoms with Gasteiger partial charge in [0, 0.05) is 36.8 Å². The maximum atomic E-state index is 12.3. The summed E-state index contributed by atoms with van der Waals surface area (Å²) in [4.78, 5) is 19.1. The maximum Gasteiger partial charge on any atom is 0.251 e. The predicted octanol–water partition coefficient (Wildman–Crippen LogP) is 3.85. The van der Waals surface area contributed by atoms with Crippen LogP contribution in [0.4, 0.5) is 5.82 Å². The molecule has 2 aromatic rings. The van der Waals surface area contributed by atoms with Gasteiger partial charge in [-0.15, -0.1) is 0 Å². The molecule has 2 heterocycles. The van der Waals surface area contributed by atoms with Crippen molar-refractivity contribution in [3.63, 3.8) is 0 Å². The Hall–Kier alpha value is -2.36. The molecule has 4 heteroatoms. The van der Waals surface area contributed by atoms with Crippen LogP contribution in [0.3, 0.4) is 0 Å². The molecule has 1 atom stereocenters. The summed E-state index contributed by atoms with van der Waals surface area (Å²) in [5, 5.41) is 2.94. The first kappa shape index (κ1) is 17.5. The molecular formula is C21H27N3O. The smallest absolute Gasteiger partial charge is 0.251 e. The van der Waals surface area contributed by atoms with Crippen LogP contribution in [0.25, 0.3) is 0 Å². The number of amides is 1. The Morgan fingerprint density at radius 2 is 1.96 bits per heavy atom. The highest BCUT2D eigenvalue weighted by atomic mass is 16.1. The van der Waals surface area contributed by atoms with E-state index in [1.165, 1.54) is 5.56 Å². The van der Waals surface area contributed by atoms with E-state index in [1.807, 2.05) is 19.9 Å². The highest BCUT2D eigenvalue weighted by molar-refractivity contribution is 5.95. The number of anilines is 1. The van der Waals surface area contributed by atoms with Crippen LogP contribution in [0.15, 0.2) is 48.7 Å². The zero-order valence-corrected chi connectivity index (χ0v) is 15.5. The van der Waals surface area contributed by atoms with Crippen LogP contribution in [0.1, 0.15) is 49.5 Å². The number of hydrogen-bond acceptors (Lipinski definition) is 3. The fraction of sp³-hybridized carbons (Fsp3) is 0.429. The second-order valence-electron chi connectivity index (χ2n) is 7.86. The number of benzene rings is 1. The number of hydrogen-bond donors (Lipinski definition) is 1. The summed E-state index contributed by atoms with van der Waals surface area (Å²) in [5.74, 6) is 1.28. The van der Waals surface area contributed by atoms with Crippen LogP contribution >= 0.6 is 0 Å². The molecule has 3 rings (SSSR count). The lowest BCUT2D eigenvalue weighted by molar-refractivity contribution is 0.0943. The monoisotopic (exact) mass is 337 g/mol. The second-order valence-corrected chi connectivity index (χ2v) is 7.86. The van der Waals surface area contributed by atoms with Gasteiger partial charge >= 0.3 is 0 Å². The average molecular weight is 337 g/mol. The van der Waals surface area contributed by atoms with Gasteiger partial charge in [-0.05, 0) is 37.0 Å². The quantitative estimate of drug-likeness (QED) is 0.922. The summed E-state index contributed by atoms with van der Waals surface area (Å²) in [5.41, 5.74) is 2.18. The first-order valence-corrected chi connectivity index (χ1v) is 8.93. The molecular weight excluding hydrogens is 310 g/mol. The zero-order chi connectivity index (χ0) is 18.0. The Labute approximate surface area is 150 Å². The molecule has 1 saturated heterocycles. The number of nitrogens with zero attached hydrogens (tertiary/aromatic N) is 2. The number of carbonyl (C=O) groups is 1. The minimum Gasteiger partial charge on any atom is -0.355 e. The summed E-state index contributed by atoms with van der Waals surface area (Å²) in [6.07, 6.45) is 1.73. The second kappa shape index (κ2) is 6.87. The van der Waals surface area contributed by atoms with Gasteiger partial charge < -0.3 is 10.2 Å². The molecule has 0 aliphatic carbocycles. The van der Waals surface area contributed by atoms with E-state index in [1.54, 1.807) is 12.3 Å². The molecule has 1 aliphatic heterocycles. The van der Waals surface area contributed by atoms with Crippen LogP contribution < -0.4 is 10.2 Å². The Balaban J connectivity index is 1.82. The van der Waals surface area contributed by atoms with E-state index < -0.39 is 0 Å². The van der Waals surface area contributed by atoms with E-state index in [9.17, 15) is 4.79 Å². The fourth-order valence-electron chi connectivity index (χ4n) is 3.63. The lowest BCUT2D eigenvalue weighted by Gasteiger charge is -2.25. The van der Waals surface area contributed by atoms with Crippen molar-refractivity contribution in [2.45, 2.75) is 39.7 Å². The lowest BCUT2D eigenvalue weighted by Crippen LogP contribution is -2.30. The Morgan fingerprint density at radius 3 is 2.64 bits per heavy atom. The maximum absolute atomic E-state index is 12.3. The average Bonchev–Trinajstić information content (AvgIpc) is 2.91. The molecule has 1 fully saturated rings. The molecule has 25 heavy (non-hydrogen) atoms. The van der Waals surface area contributed by atoms with Crippen LogP contribution in [0.5, 0.6) is 0 Å². The van der Waals surface area contributed by atoms with Crippen molar-refractivity contribution in [1.29, 1.82) is 0 Å². The SMILES string of the molecule is CC(C)NC(=O)c1ccnc(N2C[C@H](c3ccccc3)C(C)(C)C2)c1. The molecule has 0 saturated carbocycles. The van der Waals surface area contributed by atoms with E-state index >= 15 is 0 Å². The topological polar surface area (TPSA) is 45.2 Å². The van der Waals surface area contributed by atoms with Crippen LogP contribution in [-0.2, 0) is 0 Å². The van der Waals surface area contributed by atoms with Gasteiger partial charge in [0.1, 0.15) is 5.82 Å². The van der Waals surface area contributed by atoms with E-state index in [0.29, 0.717) is 11.5 Å². The van der Waals surface area contributed by atoms with Gasteiger partial charge in [0.25, 0.3) is 5.91 Å². The molecule has 1 amide bonds. The minimum atomic E-state index is -0.0447. The molecule has 0 spiro atoms. The Morgan fingerprint density at radius 1 is 1.24 bits per heavy atom. The first-order chi connectivity index (χ1) is 11.9. The van der Waals surface area contributed by atoms with Gasteiger partial charge in [-0.25, -0.2) is 4.98 Å². The highest BCUT2D eigenvalue weighted by Crippen LogP contribution is 2.43. The van der Waals surface area contributed by atoms with Crippen molar-refractivity contribution in [1.82, 2.24) is 10.3 Å². The molecule has 0 radical (unpaired) electrons. The number of carbonyl (C=O) groups excluding carboxylic acids is 1. The summed E-state index contributed by atoms with van der Waals surface area (Å²) < 4.78 is 0. The third-order valence-electron chi connectivity index (χ3n) is 4.90. The summed E-state index contributed by atoms with van der Waals surface area (Å²) in [6, 6.07) is 14.5. The molecule has 1 aromatic carbocycles. The molecule has 0 unspecified atom stereocenters. The Bertz CT molecular complexity index is 740. The molecule has 1 aromatic heterocycles. The number of pyridine rings is 1. The van der Waals surface area contributed by atoms with E-state index in [0.717, 1.165) is 18.9 Å². The number of aromatic nitrogens is 1. The standard InChI is InChI=1S/C21H27N3O/c1-15(2)23-20(25)17-10-11-22-19(12-17)24-13-18(21(3,4)14-24)16-8-6-5-7-9-16/h5-12,15,18H,13-14H2,1-4H3,(H,23,25)/t18-/m1/s1. The van der Waals surface area contributed by atoms with Crippen molar-refractivity contribution < 1.29 is 4.79 Å². The number of nitrogens with one attached hydrogen (secondary N) is 1. The minimum absolute atomic E-state index is 0.0447. The molecule has 0 bridgehead atoms. The largest absolute Gasteiger partial charge is 0.355 e. The van der Waals surface area contributed by atoms with E-state index in [2.05, 4.69) is 59.4 Å². The third kappa shape index (κ3) is 3.84. The lowest BCUT2D eigenvalue weighted by atomic mass is 9.78. The van der Waals surface area contributed by atoms with Gasteiger partial charge in [0.15, 0.2) is 0 Å². The van der Waals surface area contributed by atoms with Crippen molar-refractivity contribution in [2.24, 2.45) is 5.41 Å². The van der Waals surface area contributed by atoms with E-state index in [-0.39, 0.29) is 17.4 Å². The molecule has 132 valence electrons. The van der Waals surface area contributed by atoms with Crippen LogP contribution in [0.2, 0.25) is 0 Å². The van der Waals surface area contributed by atoms with Crippen molar-refractivity contribution in [2.75, 3.05) is 18.0 Å². The zero-order valence-electron chi connectivity index (χ0n) is 15.5. The van der Waals surface area contributed by atoms with Crippen LogP contribution in [-0.4, -0.2) is 30.0 Å². The summed E-state index contributed by atoms with van der Waals surface area (Å²) >= 11 is 0. The molecule has 1 aliphatic rings. The van der Waals surface area contributed by atoms with Gasteiger partial charge in [0.2, 0.25) is 0 Å². The van der Waals surface area contributed by atoms with E-state index in [4.69, 9.17) is 0 Å². The van der Waals surface area contributed by atoms with Crippen molar-refractivity contribution >= 4 is 11.7 Å². The van der Waals surface area contributed by atoms with Crippen molar-refractivity contribution in [3.8, 4) is 0 Å². The third-order valence-corrected chi connectivity index (χ3v) is 4.90. The van der Waals surface area contributed by atoms with Gasteiger partial charge in [-0.3, -0.25) is 4.79 Å². The highest BCUT2D eigenvalue weighted by Gasteiger charge is 2.40. The number of rotatable bonds is 4. The molecule has 1 N–H and O–H groups in total. The van der Waals surface area contributed by atoms with Gasteiger partial charge in [-0.2, -0.15) is 0 Å². The van der Waals surface area contributed by atoms with Gasteiger partial charge in [-0.1, -0.05) is 44.2 Å². The first-order valence-electron chi connectivity index (χ1n) is 8.93. The summed E-state index contributed by atoms with van der Waals surface area (Å²) in [6.45, 7) is 10.4. The van der Waals surface area contributed by atoms with Gasteiger partial charge in [0.05, 0.1) is 0 Å². The fourth-order valence-corrected chi connectivity index (χ4v) is 3.63. The van der Waals surface area contributed by atoms with Crippen molar-refractivity contribution in [3.05, 3.63) is 59.8 Å². The van der Waals surface area contributed by atoms with Crippen LogP contribution in [0, 0.1) is 5.41 Å². The Kier molecular flexibility index (Phi) is 4.80. The predicted molar refractivity (Wildman–Crippen MR) is 102 cm³/mol. The molecule has 4 nitrogen and oxygen atoms in total.